The van der Waals surface area contributed by atoms with Crippen molar-refractivity contribution in [1.82, 2.24) is 10.2 Å². The Morgan fingerprint density at radius 1 is 1.47 bits per heavy atom. The summed E-state index contributed by atoms with van der Waals surface area (Å²) in [5.74, 6) is -0.309. The standard InChI is InChI=1S/C11H17N3O2S/c1-14(2)10(15)3-4-13-6-9-5-8(7-17-9)11(12)16/h5,7,13H,3-4,6H2,1-2H3,(H2,12,16). The molecule has 3 N–H and O–H groups in total. The molecule has 1 rings (SSSR count). The summed E-state index contributed by atoms with van der Waals surface area (Å²) in [5, 5.41) is 4.89. The van der Waals surface area contributed by atoms with E-state index in [1.807, 2.05) is 0 Å². The van der Waals surface area contributed by atoms with Gasteiger partial charge in [0.05, 0.1) is 5.56 Å². The van der Waals surface area contributed by atoms with Crippen molar-refractivity contribution < 1.29 is 9.59 Å². The third kappa shape index (κ3) is 4.54. The molecule has 1 heterocycles. The number of nitrogens with zero attached hydrogens (tertiary/aromatic N) is 1. The number of amides is 2. The summed E-state index contributed by atoms with van der Waals surface area (Å²) in [5.41, 5.74) is 5.69. The van der Waals surface area contributed by atoms with Crippen molar-refractivity contribution in [3.8, 4) is 0 Å². The van der Waals surface area contributed by atoms with Gasteiger partial charge < -0.3 is 16.0 Å². The summed E-state index contributed by atoms with van der Waals surface area (Å²) in [6.07, 6.45) is 0.473. The summed E-state index contributed by atoms with van der Waals surface area (Å²) in [7, 11) is 3.47. The molecule has 0 radical (unpaired) electrons. The molecule has 1 aromatic heterocycles. The molecule has 0 aliphatic carbocycles. The predicted octanol–water partition coefficient (Wildman–Crippen LogP) is 0.415. The lowest BCUT2D eigenvalue weighted by Crippen LogP contribution is -2.26. The molecule has 0 saturated carbocycles. The highest BCUT2D eigenvalue weighted by Crippen LogP contribution is 2.13. The van der Waals surface area contributed by atoms with Gasteiger partial charge in [-0.15, -0.1) is 11.3 Å². The van der Waals surface area contributed by atoms with E-state index < -0.39 is 5.91 Å². The van der Waals surface area contributed by atoms with Crippen LogP contribution in [0.2, 0.25) is 0 Å². The van der Waals surface area contributed by atoms with Crippen LogP contribution in [0.15, 0.2) is 11.4 Å². The van der Waals surface area contributed by atoms with Crippen molar-refractivity contribution in [3.63, 3.8) is 0 Å². The van der Waals surface area contributed by atoms with Gasteiger partial charge in [0.15, 0.2) is 0 Å². The summed E-state index contributed by atoms with van der Waals surface area (Å²) >= 11 is 1.48. The van der Waals surface area contributed by atoms with Crippen LogP contribution in [-0.4, -0.2) is 37.4 Å². The Hall–Kier alpha value is -1.40. The van der Waals surface area contributed by atoms with Crippen LogP contribution in [0.5, 0.6) is 0 Å². The maximum atomic E-state index is 11.3. The van der Waals surface area contributed by atoms with Gasteiger partial charge in [0.1, 0.15) is 0 Å². The first-order chi connectivity index (χ1) is 8.00. The number of hydrogen-bond acceptors (Lipinski definition) is 4. The first-order valence-corrected chi connectivity index (χ1v) is 6.16. The Morgan fingerprint density at radius 3 is 2.71 bits per heavy atom. The molecule has 94 valence electrons. The molecule has 17 heavy (non-hydrogen) atoms. The minimum absolute atomic E-state index is 0.0986. The fraction of sp³-hybridized carbons (Fsp3) is 0.455. The maximum Gasteiger partial charge on any atom is 0.249 e. The Kier molecular flexibility index (Phi) is 5.11. The smallest absolute Gasteiger partial charge is 0.249 e. The van der Waals surface area contributed by atoms with E-state index in [2.05, 4.69) is 5.32 Å². The summed E-state index contributed by atoms with van der Waals surface area (Å²) < 4.78 is 0. The monoisotopic (exact) mass is 255 g/mol. The average Bonchev–Trinajstić information content (AvgIpc) is 2.72. The minimum atomic E-state index is -0.407. The van der Waals surface area contributed by atoms with Crippen LogP contribution in [0, 0.1) is 0 Å². The zero-order chi connectivity index (χ0) is 12.8. The maximum absolute atomic E-state index is 11.3. The second-order valence-corrected chi connectivity index (χ2v) is 4.88. The first kappa shape index (κ1) is 13.7. The predicted molar refractivity (Wildman–Crippen MR) is 67.9 cm³/mol. The molecule has 0 unspecified atom stereocenters. The molecular formula is C11H17N3O2S. The second kappa shape index (κ2) is 6.36. The highest BCUT2D eigenvalue weighted by molar-refractivity contribution is 7.10. The quantitative estimate of drug-likeness (QED) is 0.723. The molecule has 2 amide bonds. The number of carbonyl (C=O) groups is 2. The Balaban J connectivity index is 2.26. The molecule has 0 aliphatic heterocycles. The van der Waals surface area contributed by atoms with Crippen LogP contribution in [0.1, 0.15) is 21.7 Å². The van der Waals surface area contributed by atoms with Gasteiger partial charge in [-0.05, 0) is 6.07 Å². The molecule has 0 fully saturated rings. The van der Waals surface area contributed by atoms with Crippen LogP contribution in [0.4, 0.5) is 0 Å². The van der Waals surface area contributed by atoms with Gasteiger partial charge in [-0.2, -0.15) is 0 Å². The highest BCUT2D eigenvalue weighted by atomic mass is 32.1. The zero-order valence-electron chi connectivity index (χ0n) is 10.0. The minimum Gasteiger partial charge on any atom is -0.366 e. The van der Waals surface area contributed by atoms with Gasteiger partial charge in [-0.25, -0.2) is 0 Å². The number of nitrogens with one attached hydrogen (secondary N) is 1. The average molecular weight is 255 g/mol. The van der Waals surface area contributed by atoms with Crippen LogP contribution in [0.25, 0.3) is 0 Å². The van der Waals surface area contributed by atoms with E-state index in [1.165, 1.54) is 11.3 Å². The van der Waals surface area contributed by atoms with E-state index in [4.69, 9.17) is 5.73 Å². The van der Waals surface area contributed by atoms with Gasteiger partial charge in [-0.3, -0.25) is 9.59 Å². The van der Waals surface area contributed by atoms with Crippen LogP contribution >= 0.6 is 11.3 Å². The fourth-order valence-electron chi connectivity index (χ4n) is 1.23. The van der Waals surface area contributed by atoms with Gasteiger partial charge >= 0.3 is 0 Å². The Labute approximate surface area is 105 Å². The van der Waals surface area contributed by atoms with Gasteiger partial charge in [-0.1, -0.05) is 0 Å². The largest absolute Gasteiger partial charge is 0.366 e. The van der Waals surface area contributed by atoms with E-state index in [0.29, 0.717) is 25.1 Å². The Bertz CT molecular complexity index is 401. The van der Waals surface area contributed by atoms with Crippen LogP contribution in [0.3, 0.4) is 0 Å². The molecule has 0 aliphatic rings. The molecular weight excluding hydrogens is 238 g/mol. The molecule has 1 aromatic rings. The number of rotatable bonds is 6. The number of nitrogens with two attached hydrogens (primary N) is 1. The van der Waals surface area contributed by atoms with E-state index in [1.54, 1.807) is 30.4 Å². The van der Waals surface area contributed by atoms with Crippen molar-refractivity contribution in [2.45, 2.75) is 13.0 Å². The lowest BCUT2D eigenvalue weighted by atomic mass is 10.3. The fourth-order valence-corrected chi connectivity index (χ4v) is 2.08. The number of thiophene rings is 1. The topological polar surface area (TPSA) is 75.4 Å². The molecule has 5 nitrogen and oxygen atoms in total. The first-order valence-electron chi connectivity index (χ1n) is 5.29. The van der Waals surface area contributed by atoms with Crippen LogP contribution < -0.4 is 11.1 Å². The van der Waals surface area contributed by atoms with E-state index in [0.717, 1.165) is 4.88 Å². The molecule has 0 spiro atoms. The molecule has 0 atom stereocenters. The Morgan fingerprint density at radius 2 is 2.18 bits per heavy atom. The number of hydrogen-bond donors (Lipinski definition) is 2. The SMILES string of the molecule is CN(C)C(=O)CCNCc1cc(C(N)=O)cs1. The van der Waals surface area contributed by atoms with Gasteiger partial charge in [0.25, 0.3) is 0 Å². The van der Waals surface area contributed by atoms with Crippen LogP contribution in [-0.2, 0) is 11.3 Å². The molecule has 0 bridgehead atoms. The molecule has 0 aromatic carbocycles. The summed E-state index contributed by atoms with van der Waals surface area (Å²) in [6.45, 7) is 1.28. The summed E-state index contributed by atoms with van der Waals surface area (Å²) in [4.78, 5) is 24.7. The van der Waals surface area contributed by atoms with E-state index in [-0.39, 0.29) is 5.91 Å². The lowest BCUT2D eigenvalue weighted by Gasteiger charge is -2.09. The van der Waals surface area contributed by atoms with Gasteiger partial charge in [0, 0.05) is 43.9 Å². The highest BCUT2D eigenvalue weighted by Gasteiger charge is 2.05. The molecule has 0 saturated heterocycles. The number of carbonyl (C=O) groups excluding carboxylic acids is 2. The van der Waals surface area contributed by atoms with E-state index >= 15 is 0 Å². The van der Waals surface area contributed by atoms with Crippen molar-refractivity contribution in [2.75, 3.05) is 20.6 Å². The summed E-state index contributed by atoms with van der Waals surface area (Å²) in [6, 6.07) is 1.77. The normalized spacial score (nSPS) is 10.2. The van der Waals surface area contributed by atoms with Crippen molar-refractivity contribution >= 4 is 23.2 Å². The molecule has 6 heteroatoms. The third-order valence-corrected chi connectivity index (χ3v) is 3.19. The number of primary amides is 1. The van der Waals surface area contributed by atoms with Crippen molar-refractivity contribution in [3.05, 3.63) is 21.9 Å². The van der Waals surface area contributed by atoms with Gasteiger partial charge in [0.2, 0.25) is 11.8 Å². The van der Waals surface area contributed by atoms with E-state index in [9.17, 15) is 9.59 Å². The second-order valence-electron chi connectivity index (χ2n) is 3.88. The van der Waals surface area contributed by atoms with Crippen molar-refractivity contribution in [2.24, 2.45) is 5.73 Å². The third-order valence-electron chi connectivity index (χ3n) is 2.25. The lowest BCUT2D eigenvalue weighted by molar-refractivity contribution is -0.128. The van der Waals surface area contributed by atoms with Crippen molar-refractivity contribution in [1.29, 1.82) is 0 Å². The zero-order valence-corrected chi connectivity index (χ0v) is 10.8.